The van der Waals surface area contributed by atoms with E-state index in [0.717, 1.165) is 43.1 Å². The maximum Gasteiger partial charge on any atom is 0.236 e. The van der Waals surface area contributed by atoms with Crippen molar-refractivity contribution in [1.29, 1.82) is 0 Å². The normalized spacial score (nSPS) is 18.0. The molecule has 1 saturated heterocycles. The van der Waals surface area contributed by atoms with Crippen LogP contribution in [0.4, 0.5) is 0 Å². The van der Waals surface area contributed by atoms with Crippen LogP contribution in [0.3, 0.4) is 0 Å². The van der Waals surface area contributed by atoms with Gasteiger partial charge in [-0.1, -0.05) is 0 Å². The lowest BCUT2D eigenvalue weighted by atomic mass is 9.93. The molecule has 0 saturated carbocycles. The maximum atomic E-state index is 12.0. The molecular weight excluding hydrogens is 318 g/mol. The van der Waals surface area contributed by atoms with E-state index >= 15 is 0 Å². The van der Waals surface area contributed by atoms with Crippen molar-refractivity contribution in [3.63, 3.8) is 0 Å². The van der Waals surface area contributed by atoms with Gasteiger partial charge in [0.2, 0.25) is 11.8 Å². The third-order valence-electron chi connectivity index (χ3n) is 4.58. The number of likely N-dealkylation sites (N-methyl/N-ethyl adjacent to an activating group) is 1. The monoisotopic (exact) mass is 347 g/mol. The van der Waals surface area contributed by atoms with Gasteiger partial charge in [0, 0.05) is 51.4 Å². The van der Waals surface area contributed by atoms with Crippen molar-refractivity contribution in [2.24, 2.45) is 0 Å². The maximum absolute atomic E-state index is 12.0. The number of carbonyl (C=O) groups is 2. The highest BCUT2D eigenvalue weighted by Crippen LogP contribution is 2.26. The third-order valence-corrected chi connectivity index (χ3v) is 4.58. The molecule has 0 radical (unpaired) electrons. The van der Waals surface area contributed by atoms with Crippen molar-refractivity contribution < 1.29 is 9.59 Å². The van der Waals surface area contributed by atoms with Crippen molar-refractivity contribution in [2.45, 2.75) is 38.5 Å². The standard InChI is InChI=1S/C18H29N5O2/c1-13-20-15(7-8-17(24)19-2)10-16(21-13)14-6-5-9-23(11-14)12-18(25)22(3)4/h10,14H,5-9,11-12H2,1-4H3,(H,19,24)/t14-/m0/s1. The molecule has 1 fully saturated rings. The van der Waals surface area contributed by atoms with Gasteiger partial charge < -0.3 is 10.2 Å². The second-order valence-electron chi connectivity index (χ2n) is 6.87. The lowest BCUT2D eigenvalue weighted by Gasteiger charge is -2.32. The number of nitrogens with one attached hydrogen (secondary N) is 1. The largest absolute Gasteiger partial charge is 0.359 e. The smallest absolute Gasteiger partial charge is 0.236 e. The molecule has 138 valence electrons. The van der Waals surface area contributed by atoms with Gasteiger partial charge in [-0.15, -0.1) is 0 Å². The Morgan fingerprint density at radius 1 is 1.36 bits per heavy atom. The number of hydrogen-bond acceptors (Lipinski definition) is 5. The third kappa shape index (κ3) is 5.77. The lowest BCUT2D eigenvalue weighted by Crippen LogP contribution is -2.41. The van der Waals surface area contributed by atoms with E-state index in [2.05, 4.69) is 20.2 Å². The van der Waals surface area contributed by atoms with Crippen molar-refractivity contribution in [3.05, 3.63) is 23.3 Å². The molecule has 1 atom stereocenters. The summed E-state index contributed by atoms with van der Waals surface area (Å²) in [5.74, 6) is 1.20. The van der Waals surface area contributed by atoms with Gasteiger partial charge in [-0.3, -0.25) is 14.5 Å². The van der Waals surface area contributed by atoms with Crippen LogP contribution < -0.4 is 5.32 Å². The molecule has 2 rings (SSSR count). The molecule has 1 aliphatic rings. The van der Waals surface area contributed by atoms with Crippen molar-refractivity contribution >= 4 is 11.8 Å². The predicted octanol–water partition coefficient (Wildman–Crippen LogP) is 0.731. The molecule has 0 unspecified atom stereocenters. The minimum absolute atomic E-state index is 0.0175. The van der Waals surface area contributed by atoms with Gasteiger partial charge in [0.05, 0.1) is 6.54 Å². The molecule has 0 aromatic carbocycles. The van der Waals surface area contributed by atoms with Crippen molar-refractivity contribution in [3.8, 4) is 0 Å². The zero-order chi connectivity index (χ0) is 18.4. The van der Waals surface area contributed by atoms with Gasteiger partial charge in [0.1, 0.15) is 5.82 Å². The average molecular weight is 347 g/mol. The Labute approximate surface area is 149 Å². The van der Waals surface area contributed by atoms with Crippen molar-refractivity contribution in [1.82, 2.24) is 25.1 Å². The summed E-state index contributed by atoms with van der Waals surface area (Å²) in [4.78, 5) is 36.3. The fourth-order valence-electron chi connectivity index (χ4n) is 3.13. The van der Waals surface area contributed by atoms with Crippen molar-refractivity contribution in [2.75, 3.05) is 40.8 Å². The molecule has 1 N–H and O–H groups in total. The quantitative estimate of drug-likeness (QED) is 0.821. The van der Waals surface area contributed by atoms with E-state index in [4.69, 9.17) is 0 Å². The second-order valence-corrected chi connectivity index (χ2v) is 6.87. The summed E-state index contributed by atoms with van der Waals surface area (Å²) in [6, 6.07) is 2.03. The van der Waals surface area contributed by atoms with Crippen LogP contribution >= 0.6 is 0 Å². The summed E-state index contributed by atoms with van der Waals surface area (Å²) in [7, 11) is 5.22. The minimum atomic E-state index is 0.0175. The molecular formula is C18H29N5O2. The van der Waals surface area contributed by atoms with Gasteiger partial charge in [0.25, 0.3) is 0 Å². The number of rotatable bonds is 6. The summed E-state index contributed by atoms with van der Waals surface area (Å²) in [5.41, 5.74) is 1.94. The van der Waals surface area contributed by atoms with Gasteiger partial charge in [-0.25, -0.2) is 9.97 Å². The van der Waals surface area contributed by atoms with Gasteiger partial charge >= 0.3 is 0 Å². The molecule has 1 aromatic heterocycles. The Hall–Kier alpha value is -2.02. The highest BCUT2D eigenvalue weighted by atomic mass is 16.2. The van der Waals surface area contributed by atoms with E-state index in [1.54, 1.807) is 26.0 Å². The molecule has 7 heteroatoms. The van der Waals surface area contributed by atoms with Crippen LogP contribution in [-0.2, 0) is 16.0 Å². The Balaban J connectivity index is 2.05. The number of amides is 2. The molecule has 0 aliphatic carbocycles. The molecule has 1 aliphatic heterocycles. The number of piperidine rings is 1. The Morgan fingerprint density at radius 2 is 2.12 bits per heavy atom. The fraction of sp³-hybridized carbons (Fsp3) is 0.667. The highest BCUT2D eigenvalue weighted by Gasteiger charge is 2.24. The average Bonchev–Trinajstić information content (AvgIpc) is 2.59. The molecule has 0 spiro atoms. The number of aromatic nitrogens is 2. The van der Waals surface area contributed by atoms with Crippen LogP contribution in [-0.4, -0.2) is 72.4 Å². The van der Waals surface area contributed by atoms with E-state index in [9.17, 15) is 9.59 Å². The Kier molecular flexibility index (Phi) is 6.87. The Morgan fingerprint density at radius 3 is 2.80 bits per heavy atom. The first-order valence-electron chi connectivity index (χ1n) is 8.86. The van der Waals surface area contributed by atoms with E-state index in [-0.39, 0.29) is 11.8 Å². The van der Waals surface area contributed by atoms with E-state index < -0.39 is 0 Å². The second kappa shape index (κ2) is 8.89. The number of carbonyl (C=O) groups excluding carboxylic acids is 2. The predicted molar refractivity (Wildman–Crippen MR) is 96.3 cm³/mol. The molecule has 0 bridgehead atoms. The van der Waals surface area contributed by atoms with Crippen LogP contribution in [0.25, 0.3) is 0 Å². The van der Waals surface area contributed by atoms with Crippen LogP contribution in [0.1, 0.15) is 42.4 Å². The fourth-order valence-corrected chi connectivity index (χ4v) is 3.13. The Bertz CT molecular complexity index is 617. The molecule has 7 nitrogen and oxygen atoms in total. The number of aryl methyl sites for hydroxylation is 2. The number of hydrogen-bond donors (Lipinski definition) is 1. The zero-order valence-electron chi connectivity index (χ0n) is 15.7. The highest BCUT2D eigenvalue weighted by molar-refractivity contribution is 5.77. The summed E-state index contributed by atoms with van der Waals surface area (Å²) < 4.78 is 0. The minimum Gasteiger partial charge on any atom is -0.359 e. The molecule has 25 heavy (non-hydrogen) atoms. The summed E-state index contributed by atoms with van der Waals surface area (Å²) in [5, 5.41) is 2.64. The summed E-state index contributed by atoms with van der Waals surface area (Å²) in [6.07, 6.45) is 3.17. The first-order valence-corrected chi connectivity index (χ1v) is 8.86. The summed E-state index contributed by atoms with van der Waals surface area (Å²) >= 11 is 0. The van der Waals surface area contributed by atoms with Crippen LogP contribution in [0.15, 0.2) is 6.07 Å². The van der Waals surface area contributed by atoms with Gasteiger partial charge in [-0.05, 0) is 38.8 Å². The van der Waals surface area contributed by atoms with E-state index in [1.165, 1.54) is 0 Å². The van der Waals surface area contributed by atoms with E-state index in [1.807, 2.05) is 13.0 Å². The van der Waals surface area contributed by atoms with Gasteiger partial charge in [0.15, 0.2) is 0 Å². The van der Waals surface area contributed by atoms with Crippen LogP contribution in [0, 0.1) is 6.92 Å². The SMILES string of the molecule is CNC(=O)CCc1cc([C@H]2CCCN(CC(=O)N(C)C)C2)nc(C)n1. The van der Waals surface area contributed by atoms with Crippen LogP contribution in [0.2, 0.25) is 0 Å². The first-order chi connectivity index (χ1) is 11.9. The van der Waals surface area contributed by atoms with Crippen LogP contribution in [0.5, 0.6) is 0 Å². The zero-order valence-corrected chi connectivity index (χ0v) is 15.7. The number of likely N-dealkylation sites (tertiary alicyclic amines) is 1. The molecule has 2 heterocycles. The summed E-state index contributed by atoms with van der Waals surface area (Å²) in [6.45, 7) is 4.13. The van der Waals surface area contributed by atoms with Gasteiger partial charge in [-0.2, -0.15) is 0 Å². The lowest BCUT2D eigenvalue weighted by molar-refractivity contribution is -0.130. The van der Waals surface area contributed by atoms with E-state index in [0.29, 0.717) is 25.3 Å². The topological polar surface area (TPSA) is 78.4 Å². The molecule has 1 aromatic rings. The first kappa shape index (κ1) is 19.3. The molecule has 2 amide bonds. The number of nitrogens with zero attached hydrogens (tertiary/aromatic N) is 4.